The number of methoxy groups -OCH3 is 1. The van der Waals surface area contributed by atoms with Gasteiger partial charge in [-0.1, -0.05) is 5.16 Å². The largest absolute Gasteiger partial charge is 0.475 e. The number of aromatic amines is 1. The van der Waals surface area contributed by atoms with Crippen molar-refractivity contribution < 1.29 is 14.0 Å². The van der Waals surface area contributed by atoms with Crippen LogP contribution in [0.2, 0.25) is 0 Å². The minimum atomic E-state index is -0.0667. The van der Waals surface area contributed by atoms with Crippen LogP contribution in [-0.4, -0.2) is 62.2 Å². The molecule has 1 atom stereocenters. The van der Waals surface area contributed by atoms with Gasteiger partial charge < -0.3 is 24.2 Å². The molecule has 12 heteroatoms. The molecule has 1 aliphatic rings. The lowest BCUT2D eigenvalue weighted by Gasteiger charge is -2.23. The minimum absolute atomic E-state index is 0.0667. The van der Waals surface area contributed by atoms with Crippen LogP contribution in [0.1, 0.15) is 36.0 Å². The first-order valence-corrected chi connectivity index (χ1v) is 11.4. The Hall–Kier alpha value is -4.06. The molecule has 0 bridgehead atoms. The molecular formula is C23H27N9O3. The molecule has 1 aliphatic heterocycles. The van der Waals surface area contributed by atoms with Gasteiger partial charge in [0.1, 0.15) is 23.8 Å². The zero-order chi connectivity index (χ0) is 24.2. The molecule has 1 saturated heterocycles. The fourth-order valence-corrected chi connectivity index (χ4v) is 4.04. The summed E-state index contributed by atoms with van der Waals surface area (Å²) in [5, 5.41) is 14.6. The van der Waals surface area contributed by atoms with Gasteiger partial charge in [-0.25, -0.2) is 0 Å². The third-order valence-corrected chi connectivity index (χ3v) is 5.68. The number of nitrogens with one attached hydrogen (secondary N) is 2. The third-order valence-electron chi connectivity index (χ3n) is 5.68. The molecule has 1 fully saturated rings. The van der Waals surface area contributed by atoms with Crippen LogP contribution in [0.4, 0.5) is 17.6 Å². The van der Waals surface area contributed by atoms with Gasteiger partial charge in [0.05, 0.1) is 18.3 Å². The standard InChI is InChI=1S/C23H27N9O3/c1-14-11-20(30-29-14)26-19-13-21(34-10-9-33-3)28-23(27-19)32-8-4-5-17(32)18-12-16(31-35-18)22-15(2)24-6-7-25-22/h6-7,11-13,17H,4-5,8-10H2,1-3H3,(H2,26,27,28,29,30)/t17-/m0/s1. The van der Waals surface area contributed by atoms with E-state index < -0.39 is 0 Å². The summed E-state index contributed by atoms with van der Waals surface area (Å²) in [6, 6.07) is 5.50. The van der Waals surface area contributed by atoms with Gasteiger partial charge in [-0.2, -0.15) is 15.1 Å². The fraction of sp³-hybridized carbons (Fsp3) is 0.391. The lowest BCUT2D eigenvalue weighted by Crippen LogP contribution is -2.25. The number of anilines is 3. The van der Waals surface area contributed by atoms with Crippen molar-refractivity contribution in [1.29, 1.82) is 0 Å². The smallest absolute Gasteiger partial charge is 0.231 e. The first-order valence-electron chi connectivity index (χ1n) is 11.4. The number of aryl methyl sites for hydroxylation is 2. The number of hydrogen-bond acceptors (Lipinski definition) is 11. The Morgan fingerprint density at radius 3 is 2.80 bits per heavy atom. The van der Waals surface area contributed by atoms with Crippen LogP contribution in [0.15, 0.2) is 35.1 Å². The third kappa shape index (κ3) is 5.06. The van der Waals surface area contributed by atoms with Gasteiger partial charge in [0.15, 0.2) is 11.6 Å². The summed E-state index contributed by atoms with van der Waals surface area (Å²) >= 11 is 0. The van der Waals surface area contributed by atoms with Crippen LogP contribution >= 0.6 is 0 Å². The first-order chi connectivity index (χ1) is 17.1. The molecule has 0 aromatic carbocycles. The summed E-state index contributed by atoms with van der Waals surface area (Å²) in [6.45, 7) is 5.44. The van der Waals surface area contributed by atoms with Crippen molar-refractivity contribution >= 4 is 17.6 Å². The SMILES string of the molecule is COCCOc1cc(Nc2cc(C)[nH]n2)nc(N2CCC[C@H]2c2cc(-c3nccnc3C)no2)n1. The Balaban J connectivity index is 1.43. The second-order valence-electron chi connectivity index (χ2n) is 8.25. The van der Waals surface area contributed by atoms with Crippen LogP contribution in [0.25, 0.3) is 11.4 Å². The highest BCUT2D eigenvalue weighted by molar-refractivity contribution is 5.58. The van der Waals surface area contributed by atoms with E-state index in [9.17, 15) is 0 Å². The average molecular weight is 478 g/mol. The predicted octanol–water partition coefficient (Wildman–Crippen LogP) is 3.37. The molecule has 0 aliphatic carbocycles. The van der Waals surface area contributed by atoms with E-state index in [1.54, 1.807) is 25.6 Å². The molecule has 4 aromatic heterocycles. The van der Waals surface area contributed by atoms with Gasteiger partial charge in [-0.15, -0.1) is 0 Å². The van der Waals surface area contributed by atoms with E-state index in [1.165, 1.54) is 0 Å². The zero-order valence-electron chi connectivity index (χ0n) is 19.9. The van der Waals surface area contributed by atoms with Crippen molar-refractivity contribution in [2.24, 2.45) is 0 Å². The molecule has 0 unspecified atom stereocenters. The van der Waals surface area contributed by atoms with Gasteiger partial charge >= 0.3 is 0 Å². The Kier molecular flexibility index (Phi) is 6.53. The Morgan fingerprint density at radius 2 is 2.00 bits per heavy atom. The van der Waals surface area contributed by atoms with Gasteiger partial charge in [-0.3, -0.25) is 15.1 Å². The highest BCUT2D eigenvalue weighted by atomic mass is 16.5. The molecule has 2 N–H and O–H groups in total. The van der Waals surface area contributed by atoms with Gasteiger partial charge in [0.25, 0.3) is 0 Å². The van der Waals surface area contributed by atoms with Crippen LogP contribution in [-0.2, 0) is 4.74 Å². The highest BCUT2D eigenvalue weighted by Gasteiger charge is 2.32. The lowest BCUT2D eigenvalue weighted by atomic mass is 10.1. The zero-order valence-corrected chi connectivity index (χ0v) is 19.9. The summed E-state index contributed by atoms with van der Waals surface area (Å²) < 4.78 is 16.7. The molecule has 0 saturated carbocycles. The van der Waals surface area contributed by atoms with E-state index in [0.29, 0.717) is 48.1 Å². The normalized spacial score (nSPS) is 15.5. The van der Waals surface area contributed by atoms with Crippen LogP contribution < -0.4 is 15.0 Å². The monoisotopic (exact) mass is 477 g/mol. The topological polar surface area (TPSA) is 140 Å². The van der Waals surface area contributed by atoms with E-state index in [0.717, 1.165) is 36.5 Å². The van der Waals surface area contributed by atoms with Crippen LogP contribution in [0.3, 0.4) is 0 Å². The molecule has 5 heterocycles. The van der Waals surface area contributed by atoms with Crippen LogP contribution in [0, 0.1) is 13.8 Å². The van der Waals surface area contributed by atoms with Gasteiger partial charge in [0.2, 0.25) is 11.8 Å². The maximum atomic E-state index is 5.82. The van der Waals surface area contributed by atoms with Crippen molar-refractivity contribution in [3.8, 4) is 17.3 Å². The van der Waals surface area contributed by atoms with E-state index >= 15 is 0 Å². The summed E-state index contributed by atoms with van der Waals surface area (Å²) in [6.07, 6.45) is 5.15. The predicted molar refractivity (Wildman–Crippen MR) is 128 cm³/mol. The molecule has 0 spiro atoms. The summed E-state index contributed by atoms with van der Waals surface area (Å²) in [5.41, 5.74) is 3.10. The second kappa shape index (κ2) is 10.1. The van der Waals surface area contributed by atoms with Crippen molar-refractivity contribution in [2.45, 2.75) is 32.7 Å². The first kappa shape index (κ1) is 22.7. The van der Waals surface area contributed by atoms with Crippen molar-refractivity contribution in [3.63, 3.8) is 0 Å². The number of aromatic nitrogens is 7. The molecule has 5 rings (SSSR count). The van der Waals surface area contributed by atoms with Crippen molar-refractivity contribution in [2.75, 3.05) is 37.1 Å². The molecule has 0 radical (unpaired) electrons. The number of nitrogens with zero attached hydrogens (tertiary/aromatic N) is 7. The fourth-order valence-electron chi connectivity index (χ4n) is 4.04. The average Bonchev–Trinajstić information content (AvgIpc) is 3.60. The highest BCUT2D eigenvalue weighted by Crippen LogP contribution is 2.37. The van der Waals surface area contributed by atoms with E-state index in [1.807, 2.05) is 26.0 Å². The summed E-state index contributed by atoms with van der Waals surface area (Å²) in [7, 11) is 1.63. The van der Waals surface area contributed by atoms with E-state index in [2.05, 4.69) is 40.5 Å². The molecule has 4 aromatic rings. The van der Waals surface area contributed by atoms with Gasteiger partial charge in [0, 0.05) is 49.9 Å². The van der Waals surface area contributed by atoms with E-state index in [-0.39, 0.29) is 6.04 Å². The second-order valence-corrected chi connectivity index (χ2v) is 8.25. The number of hydrogen-bond donors (Lipinski definition) is 2. The van der Waals surface area contributed by atoms with E-state index in [4.69, 9.17) is 19.0 Å². The Labute approximate surface area is 202 Å². The molecule has 182 valence electrons. The van der Waals surface area contributed by atoms with Gasteiger partial charge in [-0.05, 0) is 26.7 Å². The molecule has 12 nitrogen and oxygen atoms in total. The Morgan fingerprint density at radius 1 is 1.11 bits per heavy atom. The van der Waals surface area contributed by atoms with Crippen molar-refractivity contribution in [1.82, 2.24) is 35.3 Å². The summed E-state index contributed by atoms with van der Waals surface area (Å²) in [4.78, 5) is 20.2. The number of H-pyrrole nitrogens is 1. The maximum absolute atomic E-state index is 5.82. The molecular weight excluding hydrogens is 450 g/mol. The summed E-state index contributed by atoms with van der Waals surface area (Å²) in [5.74, 6) is 2.95. The Bertz CT molecular complexity index is 1290. The number of rotatable bonds is 9. The van der Waals surface area contributed by atoms with Crippen molar-refractivity contribution in [3.05, 3.63) is 47.7 Å². The lowest BCUT2D eigenvalue weighted by molar-refractivity contribution is 0.143. The van der Waals surface area contributed by atoms with Crippen LogP contribution in [0.5, 0.6) is 5.88 Å². The quantitative estimate of drug-likeness (QED) is 0.343. The minimum Gasteiger partial charge on any atom is -0.475 e. The maximum Gasteiger partial charge on any atom is 0.231 e. The molecule has 0 amide bonds. The number of ether oxygens (including phenoxy) is 2. The molecule has 35 heavy (non-hydrogen) atoms.